The number of non-ortho nitro benzene ring substituents is 1. The Morgan fingerprint density at radius 3 is 2.65 bits per heavy atom. The van der Waals surface area contributed by atoms with Gasteiger partial charge in [-0.25, -0.2) is 9.78 Å². The van der Waals surface area contributed by atoms with Gasteiger partial charge in [0.15, 0.2) is 10.8 Å². The van der Waals surface area contributed by atoms with Crippen molar-refractivity contribution < 1.29 is 34.0 Å². The Morgan fingerprint density at radius 2 is 1.98 bits per heavy atom. The SMILES string of the molecule is Nc1nc(/C(=N/OC2CCCC2)C(=O)N[C@@H]2C(=O)N3C(C(=O)O)=C(C=C4CCN(c5cccc([N+](=O)[O-])c5)C4=O)CC[C@H]23)cs1.[NaH]. The number of nitrogen functional groups attached to an aromatic ring is 1. The molecule has 2 aromatic rings. The van der Waals surface area contributed by atoms with Gasteiger partial charge in [0.2, 0.25) is 0 Å². The fraction of sp³-hybridized carbons (Fsp3) is 0.379. The van der Waals surface area contributed by atoms with Gasteiger partial charge in [0.05, 0.1) is 16.7 Å². The first-order valence-corrected chi connectivity index (χ1v) is 15.3. The number of hydrogen-bond donors (Lipinski definition) is 3. The van der Waals surface area contributed by atoms with Crippen LogP contribution in [0.4, 0.5) is 16.5 Å². The van der Waals surface area contributed by atoms with E-state index in [2.05, 4.69) is 15.5 Å². The summed E-state index contributed by atoms with van der Waals surface area (Å²) in [4.78, 5) is 75.2. The first-order chi connectivity index (χ1) is 21.6. The number of nitrogens with zero attached hydrogens (tertiary/aromatic N) is 5. The number of carboxylic acids is 1. The second kappa shape index (κ2) is 13.7. The molecular weight excluding hydrogens is 629 g/mol. The summed E-state index contributed by atoms with van der Waals surface area (Å²) in [6.07, 6.45) is 5.88. The Hall–Kier alpha value is -4.12. The van der Waals surface area contributed by atoms with Crippen LogP contribution in [0.15, 0.2) is 57.7 Å². The van der Waals surface area contributed by atoms with Crippen molar-refractivity contribution >= 4 is 86.8 Å². The topological polar surface area (TPSA) is 211 Å². The molecular formula is C29H30N7NaO8S. The molecule has 0 unspecified atom stereocenters. The van der Waals surface area contributed by atoms with Crippen molar-refractivity contribution in [2.75, 3.05) is 17.2 Å². The van der Waals surface area contributed by atoms with E-state index in [0.717, 1.165) is 41.9 Å². The predicted molar refractivity (Wildman–Crippen MR) is 168 cm³/mol. The summed E-state index contributed by atoms with van der Waals surface area (Å²) in [6, 6.07) is 4.11. The van der Waals surface area contributed by atoms with Gasteiger partial charge in [-0.3, -0.25) is 29.4 Å². The summed E-state index contributed by atoms with van der Waals surface area (Å²) < 4.78 is 0. The summed E-state index contributed by atoms with van der Waals surface area (Å²) in [5, 5.41) is 29.8. The minimum atomic E-state index is -1.34. The van der Waals surface area contributed by atoms with Crippen molar-refractivity contribution in [1.82, 2.24) is 15.2 Å². The normalized spacial score (nSPS) is 22.4. The number of nitrogens with one attached hydrogen (secondary N) is 1. The van der Waals surface area contributed by atoms with Crippen molar-refractivity contribution in [3.63, 3.8) is 0 Å². The fourth-order valence-corrected chi connectivity index (χ4v) is 6.69. The van der Waals surface area contributed by atoms with Crippen LogP contribution in [0.25, 0.3) is 0 Å². The molecule has 1 aromatic heterocycles. The molecule has 1 aliphatic carbocycles. The van der Waals surface area contributed by atoms with E-state index in [1.54, 1.807) is 11.4 Å². The molecule has 3 amide bonds. The first-order valence-electron chi connectivity index (χ1n) is 14.4. The van der Waals surface area contributed by atoms with Crippen LogP contribution in [-0.2, 0) is 24.0 Å². The molecule has 4 N–H and O–H groups in total. The molecule has 3 aliphatic heterocycles. The van der Waals surface area contributed by atoms with Crippen LogP contribution in [0.1, 0.15) is 50.6 Å². The molecule has 0 bridgehead atoms. The molecule has 236 valence electrons. The third-order valence-electron chi connectivity index (χ3n) is 8.36. The molecule has 0 spiro atoms. The maximum absolute atomic E-state index is 13.3. The van der Waals surface area contributed by atoms with E-state index >= 15 is 0 Å². The van der Waals surface area contributed by atoms with Crippen LogP contribution in [0.2, 0.25) is 0 Å². The van der Waals surface area contributed by atoms with E-state index in [1.165, 1.54) is 29.2 Å². The number of rotatable bonds is 9. The van der Waals surface area contributed by atoms with Crippen LogP contribution < -0.4 is 16.0 Å². The third kappa shape index (κ3) is 6.42. The second-order valence-corrected chi connectivity index (χ2v) is 12.0. The van der Waals surface area contributed by atoms with Gasteiger partial charge in [0.25, 0.3) is 23.4 Å². The van der Waals surface area contributed by atoms with Crippen molar-refractivity contribution in [2.45, 2.75) is 63.1 Å². The van der Waals surface area contributed by atoms with Gasteiger partial charge in [0, 0.05) is 29.6 Å². The van der Waals surface area contributed by atoms with Crippen LogP contribution >= 0.6 is 11.3 Å². The molecule has 2 atom stereocenters. The number of thiazole rings is 1. The van der Waals surface area contributed by atoms with Crippen molar-refractivity contribution in [2.24, 2.45) is 5.16 Å². The Kier molecular flexibility index (Phi) is 9.91. The van der Waals surface area contributed by atoms with Crippen LogP contribution in [-0.4, -0.2) is 104 Å². The summed E-state index contributed by atoms with van der Waals surface area (Å²) in [7, 11) is 0. The van der Waals surface area contributed by atoms with E-state index in [0.29, 0.717) is 29.7 Å². The molecule has 17 heteroatoms. The molecule has 2 saturated heterocycles. The standard InChI is InChI=1S/C29H29N7O8S.Na.H/c30-29-31-20(14-45-29)22(33-44-19-6-1-2-7-19)25(37)32-23-21-9-8-15(24(28(40)41)35(21)27(23)39)12-16-10-11-34(26(16)38)17-4-3-5-18(13-17)36(42)43;;/h3-5,12-14,19,21,23H,1-2,6-11H2,(H2,30,31)(H,32,37)(H,40,41);;/b16-12?,33-22-;;/t21-,23+;;/m1../s1. The number of fused-ring (bicyclic) bond motifs is 1. The molecule has 6 rings (SSSR count). The number of allylic oxidation sites excluding steroid dienone is 2. The van der Waals surface area contributed by atoms with Crippen LogP contribution in [0.3, 0.4) is 0 Å². The van der Waals surface area contributed by atoms with E-state index in [-0.39, 0.29) is 76.5 Å². The molecule has 1 aromatic carbocycles. The number of β-lactam (4-membered cyclic amide) rings is 1. The van der Waals surface area contributed by atoms with Gasteiger partial charge < -0.3 is 25.9 Å². The number of carboxylic acid groups (broad SMARTS) is 1. The number of carbonyl (C=O) groups excluding carboxylic acids is 3. The zero-order valence-corrected chi connectivity index (χ0v) is 24.7. The fourth-order valence-electron chi connectivity index (χ4n) is 6.14. The zero-order chi connectivity index (χ0) is 31.8. The molecule has 4 heterocycles. The number of hydrogen-bond acceptors (Lipinski definition) is 11. The molecule has 15 nitrogen and oxygen atoms in total. The van der Waals surface area contributed by atoms with E-state index < -0.39 is 40.7 Å². The first kappa shape index (κ1) is 33.2. The molecule has 4 aliphatic rings. The predicted octanol–water partition coefficient (Wildman–Crippen LogP) is 1.84. The van der Waals surface area contributed by atoms with Crippen LogP contribution in [0, 0.1) is 10.1 Å². The number of nitro benzene ring substituents is 1. The van der Waals surface area contributed by atoms with Gasteiger partial charge >= 0.3 is 35.5 Å². The number of anilines is 2. The summed E-state index contributed by atoms with van der Waals surface area (Å²) in [6.45, 7) is 0.264. The summed E-state index contributed by atoms with van der Waals surface area (Å²) in [5.41, 5.74) is 6.46. The third-order valence-corrected chi connectivity index (χ3v) is 9.04. The number of benzene rings is 1. The zero-order valence-electron chi connectivity index (χ0n) is 23.9. The summed E-state index contributed by atoms with van der Waals surface area (Å²) >= 11 is 1.13. The molecule has 46 heavy (non-hydrogen) atoms. The average Bonchev–Trinajstić information content (AvgIpc) is 3.78. The number of nitro groups is 1. The summed E-state index contributed by atoms with van der Waals surface area (Å²) in [5.74, 6) is -3.03. The number of carbonyl (C=O) groups is 4. The Morgan fingerprint density at radius 1 is 1.22 bits per heavy atom. The Labute approximate surface area is 288 Å². The molecule has 3 fully saturated rings. The van der Waals surface area contributed by atoms with Gasteiger partial charge in [-0.1, -0.05) is 11.2 Å². The molecule has 0 radical (unpaired) electrons. The van der Waals surface area contributed by atoms with Gasteiger partial charge in [-0.15, -0.1) is 11.3 Å². The number of nitrogens with two attached hydrogens (primary N) is 1. The maximum atomic E-state index is 13.3. The number of oxime groups is 1. The van der Waals surface area contributed by atoms with Crippen LogP contribution in [0.5, 0.6) is 0 Å². The van der Waals surface area contributed by atoms with Gasteiger partial charge in [-0.05, 0) is 62.7 Å². The second-order valence-electron chi connectivity index (χ2n) is 11.1. The quantitative estimate of drug-likeness (QED) is 0.0888. The van der Waals surface area contributed by atoms with Gasteiger partial charge in [-0.2, -0.15) is 0 Å². The Balaban J connectivity index is 0.00000417. The number of amides is 3. The van der Waals surface area contributed by atoms with E-state index in [4.69, 9.17) is 10.6 Å². The average molecular weight is 660 g/mol. The molecule has 1 saturated carbocycles. The monoisotopic (exact) mass is 659 g/mol. The number of aromatic nitrogens is 1. The Bertz CT molecular complexity index is 1700. The van der Waals surface area contributed by atoms with E-state index in [9.17, 15) is 34.4 Å². The van der Waals surface area contributed by atoms with Crippen molar-refractivity contribution in [1.29, 1.82) is 0 Å². The van der Waals surface area contributed by atoms with Gasteiger partial charge in [0.1, 0.15) is 23.5 Å². The van der Waals surface area contributed by atoms with Crippen molar-refractivity contribution in [3.05, 3.63) is 68.4 Å². The van der Waals surface area contributed by atoms with E-state index in [1.807, 2.05) is 0 Å². The van der Waals surface area contributed by atoms with Crippen molar-refractivity contribution in [3.8, 4) is 0 Å². The minimum absolute atomic E-state index is 0. The number of aliphatic carboxylic acids is 1.